The van der Waals surface area contributed by atoms with Gasteiger partial charge >= 0.3 is 0 Å². The van der Waals surface area contributed by atoms with Crippen molar-refractivity contribution in [3.63, 3.8) is 0 Å². The van der Waals surface area contributed by atoms with Crippen molar-refractivity contribution >= 4 is 11.7 Å². The lowest BCUT2D eigenvalue weighted by molar-refractivity contribution is 0.00215. The van der Waals surface area contributed by atoms with Crippen LogP contribution in [-0.4, -0.2) is 56.2 Å². The molecule has 0 radical (unpaired) electrons. The smallest absolute Gasteiger partial charge is 0.272 e. The predicted octanol–water partition coefficient (Wildman–Crippen LogP) is 2.57. The summed E-state index contributed by atoms with van der Waals surface area (Å²) in [5.41, 5.74) is 0.776. The summed E-state index contributed by atoms with van der Waals surface area (Å²) in [5.74, 6) is 0.868. The summed E-state index contributed by atoms with van der Waals surface area (Å²) >= 11 is 0. The molecule has 3 rings (SSSR count). The van der Waals surface area contributed by atoms with E-state index in [1.165, 1.54) is 19.3 Å². The zero-order chi connectivity index (χ0) is 16.4. The van der Waals surface area contributed by atoms with Gasteiger partial charge in [0.2, 0.25) is 0 Å². The lowest BCUT2D eigenvalue weighted by Gasteiger charge is -2.44. The summed E-state index contributed by atoms with van der Waals surface area (Å²) < 4.78 is 5.77. The van der Waals surface area contributed by atoms with Crippen LogP contribution in [0.2, 0.25) is 0 Å². The summed E-state index contributed by atoms with van der Waals surface area (Å²) in [6.07, 6.45) is 6.40. The van der Waals surface area contributed by atoms with Gasteiger partial charge < -0.3 is 14.5 Å². The second-order valence-corrected chi connectivity index (χ2v) is 7.08. The van der Waals surface area contributed by atoms with Gasteiger partial charge in [-0.3, -0.25) is 4.79 Å². The molecule has 1 saturated carbocycles. The van der Waals surface area contributed by atoms with E-state index in [1.54, 1.807) is 25.1 Å². The molecule has 5 nitrogen and oxygen atoms in total. The molecule has 2 atom stereocenters. The van der Waals surface area contributed by atoms with Crippen LogP contribution in [0.5, 0.6) is 0 Å². The number of nitrogens with zero attached hydrogens (tertiary/aromatic N) is 3. The van der Waals surface area contributed by atoms with Crippen molar-refractivity contribution in [1.82, 2.24) is 9.88 Å². The zero-order valence-electron chi connectivity index (χ0n) is 14.4. The number of rotatable bonds is 3. The van der Waals surface area contributed by atoms with Crippen LogP contribution < -0.4 is 4.90 Å². The minimum absolute atomic E-state index is 0.0470. The molecule has 1 amide bonds. The van der Waals surface area contributed by atoms with Crippen LogP contribution in [0.1, 0.15) is 42.6 Å². The van der Waals surface area contributed by atoms with Crippen LogP contribution in [0, 0.1) is 5.41 Å². The van der Waals surface area contributed by atoms with Crippen LogP contribution in [-0.2, 0) is 4.74 Å². The quantitative estimate of drug-likeness (QED) is 0.859. The molecule has 1 aliphatic heterocycles. The van der Waals surface area contributed by atoms with Crippen molar-refractivity contribution in [1.29, 1.82) is 0 Å². The Morgan fingerprint density at radius 3 is 2.87 bits per heavy atom. The first-order chi connectivity index (χ1) is 11.1. The van der Waals surface area contributed by atoms with Crippen LogP contribution in [0.3, 0.4) is 0 Å². The third kappa shape index (κ3) is 3.07. The van der Waals surface area contributed by atoms with E-state index in [1.807, 2.05) is 19.2 Å². The third-order valence-corrected chi connectivity index (χ3v) is 5.40. The molecule has 2 fully saturated rings. The van der Waals surface area contributed by atoms with Crippen LogP contribution in [0.25, 0.3) is 0 Å². The van der Waals surface area contributed by atoms with Gasteiger partial charge in [0.05, 0.1) is 6.10 Å². The van der Waals surface area contributed by atoms with E-state index < -0.39 is 0 Å². The number of carbonyl (C=O) groups excluding carboxylic acids is 1. The molecule has 0 bridgehead atoms. The first kappa shape index (κ1) is 16.2. The predicted molar refractivity (Wildman–Crippen MR) is 90.8 cm³/mol. The Kier molecular flexibility index (Phi) is 4.57. The number of hydrogen-bond acceptors (Lipinski definition) is 4. The van der Waals surface area contributed by atoms with E-state index in [0.717, 1.165) is 31.7 Å². The second kappa shape index (κ2) is 6.48. The molecule has 23 heavy (non-hydrogen) atoms. The Hall–Kier alpha value is -1.62. The standard InChI is InChI=1S/C18H27N3O2/c1-20(2)17(22)14-7-4-9-16(19-14)21-12-6-11-18(13-21)10-5-8-15(18)23-3/h4,7,9,15H,5-6,8,10-13H2,1-3H3/t15-,18-/m1/s1. The van der Waals surface area contributed by atoms with Crippen molar-refractivity contribution in [2.24, 2.45) is 5.41 Å². The van der Waals surface area contributed by atoms with Crippen LogP contribution in [0.15, 0.2) is 18.2 Å². The summed E-state index contributed by atoms with van der Waals surface area (Å²) in [6.45, 7) is 1.99. The largest absolute Gasteiger partial charge is 0.381 e. The molecular weight excluding hydrogens is 290 g/mol. The fourth-order valence-electron chi connectivity index (χ4n) is 4.24. The van der Waals surface area contributed by atoms with Gasteiger partial charge in [0.15, 0.2) is 0 Å². The summed E-state index contributed by atoms with van der Waals surface area (Å²) in [6, 6.07) is 5.74. The molecule has 1 spiro atoms. The number of carbonyl (C=O) groups is 1. The molecule has 2 heterocycles. The van der Waals surface area contributed by atoms with Gasteiger partial charge in [-0.1, -0.05) is 12.5 Å². The van der Waals surface area contributed by atoms with Crippen molar-refractivity contribution in [3.05, 3.63) is 23.9 Å². The van der Waals surface area contributed by atoms with Gasteiger partial charge in [0, 0.05) is 39.7 Å². The highest BCUT2D eigenvalue weighted by Gasteiger charge is 2.46. The number of amides is 1. The fraction of sp³-hybridized carbons (Fsp3) is 0.667. The highest BCUT2D eigenvalue weighted by molar-refractivity contribution is 5.92. The monoisotopic (exact) mass is 317 g/mol. The van der Waals surface area contributed by atoms with Crippen LogP contribution in [0.4, 0.5) is 5.82 Å². The minimum atomic E-state index is -0.0470. The first-order valence-electron chi connectivity index (χ1n) is 8.52. The fourth-order valence-corrected chi connectivity index (χ4v) is 4.24. The average molecular weight is 317 g/mol. The Morgan fingerprint density at radius 2 is 2.13 bits per heavy atom. The summed E-state index contributed by atoms with van der Waals surface area (Å²) in [7, 11) is 5.36. The maximum Gasteiger partial charge on any atom is 0.272 e. The number of hydrogen-bond donors (Lipinski definition) is 0. The van der Waals surface area contributed by atoms with Crippen molar-refractivity contribution in [2.75, 3.05) is 39.2 Å². The molecule has 126 valence electrons. The SMILES string of the molecule is CO[C@@H]1CCC[C@]12CCCN(c1cccc(C(=O)N(C)C)n1)C2. The van der Waals surface area contributed by atoms with Crippen molar-refractivity contribution in [3.8, 4) is 0 Å². The topological polar surface area (TPSA) is 45.7 Å². The Bertz CT molecular complexity index is 575. The molecule has 0 N–H and O–H groups in total. The molecular formula is C18H27N3O2. The molecule has 1 aromatic heterocycles. The van der Waals surface area contributed by atoms with E-state index in [0.29, 0.717) is 11.8 Å². The molecule has 2 aliphatic rings. The molecule has 1 aromatic rings. The average Bonchev–Trinajstić information content (AvgIpc) is 2.96. The molecule has 0 aromatic carbocycles. The van der Waals surface area contributed by atoms with Gasteiger partial charge in [-0.05, 0) is 37.8 Å². The summed E-state index contributed by atoms with van der Waals surface area (Å²) in [5, 5.41) is 0. The first-order valence-corrected chi connectivity index (χ1v) is 8.52. The van der Waals surface area contributed by atoms with Crippen molar-refractivity contribution < 1.29 is 9.53 Å². The zero-order valence-corrected chi connectivity index (χ0v) is 14.4. The number of anilines is 1. The Labute approximate surface area is 138 Å². The number of pyridine rings is 1. The molecule has 5 heteroatoms. The Balaban J connectivity index is 1.82. The normalized spacial score (nSPS) is 27.4. The van der Waals surface area contributed by atoms with E-state index in [4.69, 9.17) is 4.74 Å². The maximum atomic E-state index is 12.2. The third-order valence-electron chi connectivity index (χ3n) is 5.40. The van der Waals surface area contributed by atoms with Gasteiger partial charge in [-0.25, -0.2) is 4.98 Å². The van der Waals surface area contributed by atoms with E-state index in [2.05, 4.69) is 9.88 Å². The highest BCUT2D eigenvalue weighted by atomic mass is 16.5. The van der Waals surface area contributed by atoms with Gasteiger partial charge in [-0.2, -0.15) is 0 Å². The minimum Gasteiger partial charge on any atom is -0.381 e. The van der Waals surface area contributed by atoms with E-state index in [9.17, 15) is 4.79 Å². The second-order valence-electron chi connectivity index (χ2n) is 7.08. The van der Waals surface area contributed by atoms with Gasteiger partial charge in [-0.15, -0.1) is 0 Å². The number of methoxy groups -OCH3 is 1. The van der Waals surface area contributed by atoms with Gasteiger partial charge in [0.25, 0.3) is 5.91 Å². The van der Waals surface area contributed by atoms with E-state index >= 15 is 0 Å². The number of piperidine rings is 1. The summed E-state index contributed by atoms with van der Waals surface area (Å²) in [4.78, 5) is 20.7. The highest BCUT2D eigenvalue weighted by Crippen LogP contribution is 2.46. The molecule has 1 aliphatic carbocycles. The van der Waals surface area contributed by atoms with Gasteiger partial charge in [0.1, 0.15) is 11.5 Å². The van der Waals surface area contributed by atoms with E-state index in [-0.39, 0.29) is 11.3 Å². The molecule has 1 saturated heterocycles. The Morgan fingerprint density at radius 1 is 1.35 bits per heavy atom. The molecule has 0 unspecified atom stereocenters. The number of aromatic nitrogens is 1. The number of ether oxygens (including phenoxy) is 1. The lowest BCUT2D eigenvalue weighted by atomic mass is 9.76. The maximum absolute atomic E-state index is 12.2. The lowest BCUT2D eigenvalue weighted by Crippen LogP contribution is -2.48. The van der Waals surface area contributed by atoms with Crippen LogP contribution >= 0.6 is 0 Å². The van der Waals surface area contributed by atoms with Crippen molar-refractivity contribution in [2.45, 2.75) is 38.2 Å².